The highest BCUT2D eigenvalue weighted by molar-refractivity contribution is 7.91. The number of pyridine rings is 2. The van der Waals surface area contributed by atoms with Gasteiger partial charge in [0.15, 0.2) is 43.0 Å². The van der Waals surface area contributed by atoms with Gasteiger partial charge in [0.25, 0.3) is 0 Å². The van der Waals surface area contributed by atoms with Crippen LogP contribution in [0.2, 0.25) is 0 Å². The third-order valence-electron chi connectivity index (χ3n) is 12.3. The summed E-state index contributed by atoms with van der Waals surface area (Å²) in [6, 6.07) is 14.4. The van der Waals surface area contributed by atoms with Crippen LogP contribution in [0, 0.1) is 27.7 Å². The standard InChI is InChI=1S/2C26H30N6O5S/c2*1-16-10-19(13-27-11-16)26-31-30-23(32(26)24-21(35-4)8-7-9-22(24)36-5)15-38(33,34)18(3)25(37-6)20-14-28-17(2)12-29-20/h2*7-14,18,25H,15H2,1-6H3/t2*18-,25-/m10/s1. The molecule has 0 radical (unpaired) electrons. The molecule has 0 spiro atoms. The Bertz CT molecular complexity index is 3230. The second-order valence-electron chi connectivity index (χ2n) is 17.6. The Morgan fingerprint density at radius 2 is 0.829 bits per heavy atom. The van der Waals surface area contributed by atoms with Crippen molar-refractivity contribution in [2.75, 3.05) is 42.7 Å². The summed E-state index contributed by atoms with van der Waals surface area (Å²) in [7, 11) is 1.32. The number of hydrogen-bond acceptors (Lipinski definition) is 20. The Hall–Kier alpha value is -7.80. The summed E-state index contributed by atoms with van der Waals surface area (Å²) >= 11 is 0. The Morgan fingerprint density at radius 1 is 0.474 bits per heavy atom. The molecule has 0 fully saturated rings. The van der Waals surface area contributed by atoms with E-state index in [2.05, 4.69) is 50.3 Å². The quantitative estimate of drug-likeness (QED) is 0.0752. The summed E-state index contributed by atoms with van der Waals surface area (Å²) < 4.78 is 91.9. The van der Waals surface area contributed by atoms with Crippen LogP contribution in [0.3, 0.4) is 0 Å². The van der Waals surface area contributed by atoms with Crippen molar-refractivity contribution >= 4 is 19.7 Å². The van der Waals surface area contributed by atoms with Crippen LogP contribution in [0.25, 0.3) is 34.2 Å². The molecule has 6 heterocycles. The normalized spacial score (nSPS) is 13.2. The van der Waals surface area contributed by atoms with Gasteiger partial charge >= 0.3 is 0 Å². The van der Waals surface area contributed by atoms with Gasteiger partial charge < -0.3 is 28.4 Å². The summed E-state index contributed by atoms with van der Waals surface area (Å²) in [4.78, 5) is 25.7. The minimum absolute atomic E-state index is 0.181. The van der Waals surface area contributed by atoms with E-state index in [0.29, 0.717) is 68.5 Å². The van der Waals surface area contributed by atoms with Crippen LogP contribution in [0.15, 0.2) is 98.1 Å². The van der Waals surface area contributed by atoms with Crippen LogP contribution in [-0.4, -0.2) is 129 Å². The number of aryl methyl sites for hydroxylation is 4. The molecule has 0 N–H and O–H groups in total. The predicted molar refractivity (Wildman–Crippen MR) is 282 cm³/mol. The average molecular weight is 1080 g/mol. The largest absolute Gasteiger partial charge is 0.494 e. The first-order chi connectivity index (χ1) is 36.4. The molecule has 24 heteroatoms. The van der Waals surface area contributed by atoms with Crippen molar-refractivity contribution in [3.63, 3.8) is 0 Å². The molecule has 0 saturated heterocycles. The lowest BCUT2D eigenvalue weighted by molar-refractivity contribution is 0.0982. The van der Waals surface area contributed by atoms with Crippen LogP contribution in [0.4, 0.5) is 0 Å². The minimum Gasteiger partial charge on any atom is -0.494 e. The summed E-state index contributed by atoms with van der Waals surface area (Å²) in [5.41, 5.74) is 6.38. The molecule has 0 amide bonds. The zero-order valence-corrected chi connectivity index (χ0v) is 45.9. The first kappa shape index (κ1) is 55.9. The summed E-state index contributed by atoms with van der Waals surface area (Å²) in [5, 5.41) is 15.5. The van der Waals surface area contributed by atoms with Gasteiger partial charge in [0.1, 0.15) is 58.1 Å². The van der Waals surface area contributed by atoms with Crippen molar-refractivity contribution in [2.45, 2.75) is 75.8 Å². The highest BCUT2D eigenvalue weighted by Gasteiger charge is 2.37. The minimum atomic E-state index is -3.84. The highest BCUT2D eigenvalue weighted by atomic mass is 32.2. The van der Waals surface area contributed by atoms with E-state index >= 15 is 0 Å². The number of hydrogen-bond donors (Lipinski definition) is 0. The number of sulfone groups is 2. The Balaban J connectivity index is 0.000000221. The molecule has 8 aromatic rings. The Labute approximate surface area is 441 Å². The lowest BCUT2D eigenvalue weighted by Gasteiger charge is -2.22. The lowest BCUT2D eigenvalue weighted by atomic mass is 10.2. The third-order valence-corrected chi connectivity index (χ3v) is 16.4. The van der Waals surface area contributed by atoms with E-state index in [-0.39, 0.29) is 11.6 Å². The van der Waals surface area contributed by atoms with E-state index in [4.69, 9.17) is 28.4 Å². The first-order valence-corrected chi connectivity index (χ1v) is 27.0. The van der Waals surface area contributed by atoms with E-state index in [1.165, 1.54) is 55.1 Å². The maximum Gasteiger partial charge on any atom is 0.170 e. The molecule has 76 heavy (non-hydrogen) atoms. The van der Waals surface area contributed by atoms with E-state index < -0.39 is 53.9 Å². The van der Waals surface area contributed by atoms with Gasteiger partial charge in [-0.2, -0.15) is 0 Å². The van der Waals surface area contributed by atoms with E-state index in [9.17, 15) is 16.8 Å². The summed E-state index contributed by atoms with van der Waals surface area (Å²) in [6.45, 7) is 10.6. The number of para-hydroxylation sites is 2. The highest BCUT2D eigenvalue weighted by Crippen LogP contribution is 2.39. The van der Waals surface area contributed by atoms with Gasteiger partial charge in [-0.05, 0) is 89.1 Å². The van der Waals surface area contributed by atoms with Crippen molar-refractivity contribution in [3.05, 3.63) is 144 Å². The fourth-order valence-corrected chi connectivity index (χ4v) is 11.2. The molecular formula is C52H60N12O10S2. The number of rotatable bonds is 20. The van der Waals surface area contributed by atoms with E-state index in [1.807, 2.05) is 26.0 Å². The van der Waals surface area contributed by atoms with Crippen molar-refractivity contribution in [1.82, 2.24) is 59.4 Å². The first-order valence-electron chi connectivity index (χ1n) is 23.6. The van der Waals surface area contributed by atoms with Crippen LogP contribution in [0.1, 0.15) is 71.6 Å². The van der Waals surface area contributed by atoms with E-state index in [0.717, 1.165) is 22.5 Å². The Kier molecular flexibility index (Phi) is 17.8. The van der Waals surface area contributed by atoms with Gasteiger partial charge in [-0.15, -0.1) is 20.4 Å². The predicted octanol–water partition coefficient (Wildman–Crippen LogP) is 6.89. The second-order valence-corrected chi connectivity index (χ2v) is 22.3. The second kappa shape index (κ2) is 24.3. The fourth-order valence-electron chi connectivity index (χ4n) is 8.33. The zero-order valence-electron chi connectivity index (χ0n) is 44.2. The average Bonchev–Trinajstić information content (AvgIpc) is 4.04. The van der Waals surface area contributed by atoms with Gasteiger partial charge in [0, 0.05) is 62.5 Å². The Morgan fingerprint density at radius 3 is 1.12 bits per heavy atom. The molecule has 2 aromatic carbocycles. The number of aromatic nitrogens is 12. The molecule has 400 valence electrons. The molecule has 6 aromatic heterocycles. The monoisotopic (exact) mass is 1080 g/mol. The molecule has 0 aliphatic rings. The zero-order chi connectivity index (χ0) is 54.9. The van der Waals surface area contributed by atoms with Gasteiger partial charge in [-0.3, -0.25) is 39.0 Å². The maximum absolute atomic E-state index is 13.7. The molecule has 0 aliphatic heterocycles. The van der Waals surface area contributed by atoms with Crippen molar-refractivity contribution < 1.29 is 45.3 Å². The van der Waals surface area contributed by atoms with Gasteiger partial charge in [-0.1, -0.05) is 12.1 Å². The van der Waals surface area contributed by atoms with Gasteiger partial charge in [0.2, 0.25) is 0 Å². The molecular weight excluding hydrogens is 1020 g/mol. The smallest absolute Gasteiger partial charge is 0.170 e. The summed E-state index contributed by atoms with van der Waals surface area (Å²) in [5.74, 6) is 2.14. The van der Waals surface area contributed by atoms with Gasteiger partial charge in [0.05, 0.1) is 74.1 Å². The van der Waals surface area contributed by atoms with Gasteiger partial charge in [-0.25, -0.2) is 16.8 Å². The molecule has 0 aliphatic carbocycles. The van der Waals surface area contributed by atoms with Crippen LogP contribution in [-0.2, 0) is 40.7 Å². The van der Waals surface area contributed by atoms with Crippen molar-refractivity contribution in [2.24, 2.45) is 0 Å². The van der Waals surface area contributed by atoms with Crippen LogP contribution >= 0.6 is 0 Å². The third kappa shape index (κ3) is 12.1. The molecule has 22 nitrogen and oxygen atoms in total. The molecule has 0 bridgehead atoms. The number of nitrogens with zero attached hydrogens (tertiary/aromatic N) is 12. The van der Waals surface area contributed by atoms with Crippen LogP contribution < -0.4 is 18.9 Å². The fraction of sp³-hybridized carbons (Fsp3) is 0.346. The van der Waals surface area contributed by atoms with E-state index in [1.54, 1.807) is 110 Å². The lowest BCUT2D eigenvalue weighted by Crippen LogP contribution is -2.29. The number of benzene rings is 2. The van der Waals surface area contributed by atoms with Crippen LogP contribution in [0.5, 0.6) is 23.0 Å². The number of ether oxygens (including phenoxy) is 6. The SMILES string of the molecule is COc1cccc(OC)c1-n1c(CS(=O)(=O)[C@@H](C)[C@H](OC)c2cnc(C)cn2)nnc1-c1cncc(C)c1.COc1cccc(OC)c1-n1c(CS(=O)(=O)[C@H](C)[C@@H](OC)c2cnc(C)cn2)nnc1-c1cncc(C)c1. The number of methoxy groups -OCH3 is 6. The summed E-state index contributed by atoms with van der Waals surface area (Å²) in [6.07, 6.45) is 11.3. The molecule has 0 unspecified atom stereocenters. The molecule has 8 rings (SSSR count). The van der Waals surface area contributed by atoms with Crippen molar-refractivity contribution in [3.8, 4) is 57.1 Å². The topological polar surface area (TPSA) is 262 Å². The molecule has 4 atom stereocenters. The van der Waals surface area contributed by atoms with Crippen molar-refractivity contribution in [1.29, 1.82) is 0 Å². The molecule has 0 saturated carbocycles. The maximum atomic E-state index is 13.7.